The van der Waals surface area contributed by atoms with Gasteiger partial charge in [0.25, 0.3) is 5.91 Å². The van der Waals surface area contributed by atoms with Crippen molar-refractivity contribution in [3.8, 4) is 11.5 Å². The smallest absolute Gasteiger partial charge is 0.257 e. The molecule has 3 rings (SSSR count). The van der Waals surface area contributed by atoms with Crippen LogP contribution >= 0.6 is 12.2 Å². The monoisotopic (exact) mass is 477 g/mol. The van der Waals surface area contributed by atoms with Crippen LogP contribution in [0.2, 0.25) is 0 Å². The topological polar surface area (TPSA) is 88.7 Å². The van der Waals surface area contributed by atoms with Crippen LogP contribution in [0.15, 0.2) is 78.9 Å². The molecule has 0 saturated carbocycles. The summed E-state index contributed by atoms with van der Waals surface area (Å²) in [5.41, 5.74) is 1.73. The van der Waals surface area contributed by atoms with Crippen molar-refractivity contribution in [3.05, 3.63) is 84.4 Å². The Morgan fingerprint density at radius 1 is 0.794 bits per heavy atom. The van der Waals surface area contributed by atoms with Gasteiger partial charge in [-0.3, -0.25) is 14.9 Å². The number of ether oxygens (including phenoxy) is 2. The van der Waals surface area contributed by atoms with Gasteiger partial charge in [0.15, 0.2) is 5.11 Å². The molecule has 0 heterocycles. The molecule has 0 spiro atoms. The first-order valence-electron chi connectivity index (χ1n) is 10.8. The number of para-hydroxylation sites is 1. The zero-order valence-electron chi connectivity index (χ0n) is 19.0. The molecule has 0 bridgehead atoms. The molecule has 0 radical (unpaired) electrons. The van der Waals surface area contributed by atoms with Gasteiger partial charge in [-0.05, 0) is 66.8 Å². The number of thiocarbonyl (C=S) groups is 1. The van der Waals surface area contributed by atoms with Crippen LogP contribution in [-0.2, 0) is 4.79 Å². The molecule has 3 aromatic carbocycles. The van der Waals surface area contributed by atoms with Gasteiger partial charge in [0.1, 0.15) is 24.7 Å². The first-order chi connectivity index (χ1) is 16.4. The lowest BCUT2D eigenvalue weighted by Gasteiger charge is -2.12. The standard InChI is InChI=1S/C26H27N3O4S/c1-18(2)24(30)27-20-7-6-8-21(17-20)28-26(34)29-25(31)19-11-13-23(14-12-19)33-16-15-32-22-9-4-3-5-10-22/h3-14,17-18H,15-16H2,1-2H3,(H,27,30)(H2,28,29,31,34). The van der Waals surface area contributed by atoms with Gasteiger partial charge in [0.05, 0.1) is 0 Å². The van der Waals surface area contributed by atoms with Crippen molar-refractivity contribution in [2.75, 3.05) is 23.8 Å². The van der Waals surface area contributed by atoms with Gasteiger partial charge in [-0.25, -0.2) is 0 Å². The van der Waals surface area contributed by atoms with Crippen LogP contribution in [0.1, 0.15) is 24.2 Å². The molecule has 0 fully saturated rings. The average Bonchev–Trinajstić information content (AvgIpc) is 2.83. The lowest BCUT2D eigenvalue weighted by molar-refractivity contribution is -0.118. The third-order valence-corrected chi connectivity index (χ3v) is 4.82. The van der Waals surface area contributed by atoms with E-state index in [1.807, 2.05) is 44.2 Å². The zero-order chi connectivity index (χ0) is 24.3. The highest BCUT2D eigenvalue weighted by Gasteiger charge is 2.10. The van der Waals surface area contributed by atoms with Crippen LogP contribution in [0.4, 0.5) is 11.4 Å². The Morgan fingerprint density at radius 2 is 1.38 bits per heavy atom. The number of rotatable bonds is 9. The SMILES string of the molecule is CC(C)C(=O)Nc1cccc(NC(=S)NC(=O)c2ccc(OCCOc3ccccc3)cc2)c1. The van der Waals surface area contributed by atoms with E-state index < -0.39 is 0 Å². The molecule has 0 unspecified atom stereocenters. The molecule has 0 aliphatic heterocycles. The van der Waals surface area contributed by atoms with Crippen LogP contribution in [0.3, 0.4) is 0 Å². The highest BCUT2D eigenvalue weighted by molar-refractivity contribution is 7.80. The Bertz CT molecular complexity index is 1120. The summed E-state index contributed by atoms with van der Waals surface area (Å²) in [6.45, 7) is 4.43. The number of benzene rings is 3. The second-order valence-electron chi connectivity index (χ2n) is 7.67. The maximum atomic E-state index is 12.5. The molecule has 7 nitrogen and oxygen atoms in total. The summed E-state index contributed by atoms with van der Waals surface area (Å²) in [6.07, 6.45) is 0. The van der Waals surface area contributed by atoms with Gasteiger partial charge in [-0.15, -0.1) is 0 Å². The predicted octanol–water partition coefficient (Wildman–Crippen LogP) is 4.87. The second kappa shape index (κ2) is 12.4. The molecule has 0 atom stereocenters. The Balaban J connectivity index is 1.45. The van der Waals surface area contributed by atoms with Gasteiger partial charge >= 0.3 is 0 Å². The molecule has 8 heteroatoms. The van der Waals surface area contributed by atoms with E-state index >= 15 is 0 Å². The third kappa shape index (κ3) is 7.90. The van der Waals surface area contributed by atoms with Crippen LogP contribution in [0.25, 0.3) is 0 Å². The highest BCUT2D eigenvalue weighted by atomic mass is 32.1. The van der Waals surface area contributed by atoms with Crippen LogP contribution in [-0.4, -0.2) is 30.1 Å². The Kier molecular flexibility index (Phi) is 8.99. The molecule has 176 valence electrons. The van der Waals surface area contributed by atoms with Crippen molar-refractivity contribution < 1.29 is 19.1 Å². The van der Waals surface area contributed by atoms with Gasteiger partial charge < -0.3 is 20.1 Å². The minimum atomic E-state index is -0.347. The van der Waals surface area contributed by atoms with Crippen LogP contribution in [0.5, 0.6) is 11.5 Å². The van der Waals surface area contributed by atoms with E-state index in [0.29, 0.717) is 35.9 Å². The molecule has 34 heavy (non-hydrogen) atoms. The number of hydrogen-bond donors (Lipinski definition) is 3. The van der Waals surface area contributed by atoms with Crippen LogP contribution < -0.4 is 25.4 Å². The summed E-state index contributed by atoms with van der Waals surface area (Å²) in [5.74, 6) is 0.866. The van der Waals surface area contributed by atoms with Gasteiger partial charge in [0, 0.05) is 22.9 Å². The molecule has 0 saturated heterocycles. The maximum Gasteiger partial charge on any atom is 0.257 e. The average molecular weight is 478 g/mol. The zero-order valence-corrected chi connectivity index (χ0v) is 19.9. The fourth-order valence-electron chi connectivity index (χ4n) is 2.84. The van der Waals surface area contributed by atoms with Gasteiger partial charge in [-0.2, -0.15) is 0 Å². The number of amides is 2. The summed E-state index contributed by atoms with van der Waals surface area (Å²) in [4.78, 5) is 24.4. The normalized spacial score (nSPS) is 10.3. The summed E-state index contributed by atoms with van der Waals surface area (Å²) >= 11 is 5.25. The van der Waals surface area contributed by atoms with Gasteiger partial charge in [-0.1, -0.05) is 38.1 Å². The number of carbonyl (C=O) groups excluding carboxylic acids is 2. The molecule has 3 N–H and O–H groups in total. The molecule has 2 amide bonds. The predicted molar refractivity (Wildman–Crippen MR) is 137 cm³/mol. The Hall–Kier alpha value is -3.91. The van der Waals surface area contributed by atoms with Crippen molar-refractivity contribution in [2.45, 2.75) is 13.8 Å². The Labute approximate surface area is 204 Å². The van der Waals surface area contributed by atoms with Crippen LogP contribution in [0, 0.1) is 5.92 Å². The van der Waals surface area contributed by atoms with Crippen molar-refractivity contribution in [1.29, 1.82) is 0 Å². The molecular formula is C26H27N3O4S. The fraction of sp³-hybridized carbons (Fsp3) is 0.192. The quantitative estimate of drug-likeness (QED) is 0.301. The summed E-state index contributed by atoms with van der Waals surface area (Å²) in [7, 11) is 0. The van der Waals surface area contributed by atoms with Crippen molar-refractivity contribution in [1.82, 2.24) is 5.32 Å². The number of anilines is 2. The minimum absolute atomic E-state index is 0.0795. The first-order valence-corrected chi connectivity index (χ1v) is 11.3. The van der Waals surface area contributed by atoms with E-state index in [0.717, 1.165) is 5.75 Å². The number of nitrogens with one attached hydrogen (secondary N) is 3. The lowest BCUT2D eigenvalue weighted by atomic mass is 10.2. The van der Waals surface area contributed by atoms with Crippen molar-refractivity contribution in [3.63, 3.8) is 0 Å². The van der Waals surface area contributed by atoms with E-state index in [-0.39, 0.29) is 22.8 Å². The summed E-state index contributed by atoms with van der Waals surface area (Å²) in [6, 6.07) is 23.4. The third-order valence-electron chi connectivity index (χ3n) is 4.62. The van der Waals surface area contributed by atoms with Gasteiger partial charge in [0.2, 0.25) is 5.91 Å². The van der Waals surface area contributed by atoms with E-state index in [4.69, 9.17) is 21.7 Å². The first kappa shape index (κ1) is 24.7. The summed E-state index contributed by atoms with van der Waals surface area (Å²) in [5, 5.41) is 8.57. The molecule has 0 aromatic heterocycles. The van der Waals surface area contributed by atoms with Crippen molar-refractivity contribution in [2.24, 2.45) is 5.92 Å². The summed E-state index contributed by atoms with van der Waals surface area (Å²) < 4.78 is 11.2. The molecule has 0 aliphatic carbocycles. The molecule has 3 aromatic rings. The van der Waals surface area contributed by atoms with Crippen molar-refractivity contribution >= 4 is 40.5 Å². The van der Waals surface area contributed by atoms with E-state index in [2.05, 4.69) is 16.0 Å². The second-order valence-corrected chi connectivity index (χ2v) is 8.08. The largest absolute Gasteiger partial charge is 0.490 e. The maximum absolute atomic E-state index is 12.5. The minimum Gasteiger partial charge on any atom is -0.490 e. The van der Waals surface area contributed by atoms with E-state index in [1.165, 1.54) is 0 Å². The molecule has 0 aliphatic rings. The Morgan fingerprint density at radius 3 is 2.00 bits per heavy atom. The van der Waals surface area contributed by atoms with E-state index in [1.54, 1.807) is 48.5 Å². The molecular weight excluding hydrogens is 450 g/mol. The number of carbonyl (C=O) groups is 2. The van der Waals surface area contributed by atoms with E-state index in [9.17, 15) is 9.59 Å². The number of hydrogen-bond acceptors (Lipinski definition) is 5. The fourth-order valence-corrected chi connectivity index (χ4v) is 3.05. The lowest BCUT2D eigenvalue weighted by Crippen LogP contribution is -2.34. The highest BCUT2D eigenvalue weighted by Crippen LogP contribution is 2.16.